The molecule has 0 aromatic rings. The maximum Gasteiger partial charge on any atom is 0.161 e. The maximum absolute atomic E-state index is 11.5. The minimum Gasteiger partial charge on any atom is -0.309 e. The molecule has 0 radical (unpaired) electrons. The van der Waals surface area contributed by atoms with Crippen LogP contribution in [0.4, 0.5) is 8.78 Å². The van der Waals surface area contributed by atoms with Gasteiger partial charge < -0.3 is 5.73 Å². The molecule has 0 aromatic carbocycles. The zero-order valence-electron chi connectivity index (χ0n) is 4.19. The molecule has 0 aliphatic rings. The van der Waals surface area contributed by atoms with E-state index in [0.717, 1.165) is 0 Å². The molecule has 0 unspecified atom stereocenters. The molecule has 0 bridgehead atoms. The molecule has 0 fully saturated rings. The third-order valence-electron chi connectivity index (χ3n) is 0.700. The molecule has 46 valence electrons. The minimum atomic E-state index is -1.90. The van der Waals surface area contributed by atoms with Gasteiger partial charge in [0.25, 0.3) is 0 Å². The summed E-state index contributed by atoms with van der Waals surface area (Å²) in [5.74, 6) is 0. The molecule has 0 aliphatic carbocycles. The highest BCUT2D eigenvalue weighted by molar-refractivity contribution is 5.04. The summed E-state index contributed by atoms with van der Waals surface area (Å²) in [6.45, 7) is -2.28. The van der Waals surface area contributed by atoms with Crippen molar-refractivity contribution in [1.29, 1.82) is 5.26 Å². The molecule has 8 heavy (non-hydrogen) atoms. The first-order valence-electron chi connectivity index (χ1n) is 2.00. The molecular formula is C4H6F2N2. The summed E-state index contributed by atoms with van der Waals surface area (Å²) in [7, 11) is 0. The highest BCUT2D eigenvalue weighted by Gasteiger charge is 2.23. The first kappa shape index (κ1) is 7.31. The average molecular weight is 120 g/mol. The molecule has 4 heteroatoms. The fourth-order valence-electron chi connectivity index (χ4n) is 0.0955. The van der Waals surface area contributed by atoms with E-state index in [2.05, 4.69) is 0 Å². The summed E-state index contributed by atoms with van der Waals surface area (Å²) >= 11 is 0. The van der Waals surface area contributed by atoms with Crippen molar-refractivity contribution < 1.29 is 8.78 Å². The number of nitrogens with two attached hydrogens (primary N) is 1. The molecule has 2 N–H and O–H groups in total. The predicted octanol–water partition coefficient (Wildman–Crippen LogP) is 0.146. The van der Waals surface area contributed by atoms with Gasteiger partial charge in [-0.25, -0.2) is 8.78 Å². The van der Waals surface area contributed by atoms with E-state index >= 15 is 0 Å². The Balaban J connectivity index is 3.83. The quantitative estimate of drug-likeness (QED) is 0.563. The van der Waals surface area contributed by atoms with E-state index < -0.39 is 18.9 Å². The third kappa shape index (κ3) is 1.43. The van der Waals surface area contributed by atoms with Crippen LogP contribution in [0.2, 0.25) is 0 Å². The Morgan fingerprint density at radius 2 is 1.88 bits per heavy atom. The molecule has 0 saturated heterocycles. The predicted molar refractivity (Wildman–Crippen MR) is 24.5 cm³/mol. The van der Waals surface area contributed by atoms with Crippen molar-refractivity contribution in [3.8, 4) is 6.07 Å². The fraction of sp³-hybridized carbons (Fsp3) is 0.750. The number of alkyl halides is 2. The number of nitrogens with zero attached hydrogens (tertiary/aromatic N) is 1. The molecule has 0 heterocycles. The van der Waals surface area contributed by atoms with Gasteiger partial charge in [-0.1, -0.05) is 0 Å². The summed E-state index contributed by atoms with van der Waals surface area (Å²) in [5, 5.41) is 7.93. The first-order valence-corrected chi connectivity index (χ1v) is 2.00. The smallest absolute Gasteiger partial charge is 0.161 e. The lowest BCUT2D eigenvalue weighted by atomic mass is 10.1. The van der Waals surface area contributed by atoms with Crippen LogP contribution in [0, 0.1) is 11.3 Å². The Labute approximate surface area is 45.9 Å². The number of hydrogen-bond acceptors (Lipinski definition) is 2. The van der Waals surface area contributed by atoms with Gasteiger partial charge in [-0.05, 0) is 0 Å². The molecule has 0 spiro atoms. The first-order chi connectivity index (χ1) is 3.68. The van der Waals surface area contributed by atoms with E-state index in [1.807, 2.05) is 0 Å². The average Bonchev–Trinajstić information content (AvgIpc) is 1.87. The van der Waals surface area contributed by atoms with E-state index in [1.165, 1.54) is 6.07 Å². The van der Waals surface area contributed by atoms with Gasteiger partial charge in [0.2, 0.25) is 0 Å². The summed E-state index contributed by atoms with van der Waals surface area (Å²) in [6, 6.07) is 1.31. The van der Waals surface area contributed by atoms with Crippen LogP contribution in [-0.2, 0) is 0 Å². The van der Waals surface area contributed by atoms with Crippen molar-refractivity contribution in [2.24, 2.45) is 5.73 Å². The fourth-order valence-corrected chi connectivity index (χ4v) is 0.0955. The van der Waals surface area contributed by atoms with E-state index in [-0.39, 0.29) is 0 Å². The standard InChI is InChI=1S/C4H6F2N2/c5-1-4(8,2-6)3-7/h1-2,8H2. The SMILES string of the molecule is N#CC(N)(CF)CF. The topological polar surface area (TPSA) is 49.8 Å². The molecule has 0 amide bonds. The number of halogens is 2. The zero-order chi connectivity index (χ0) is 6.62. The van der Waals surface area contributed by atoms with Gasteiger partial charge in [-0.3, -0.25) is 0 Å². The lowest BCUT2D eigenvalue weighted by molar-refractivity contribution is 0.296. The van der Waals surface area contributed by atoms with Gasteiger partial charge in [-0.2, -0.15) is 5.26 Å². The summed E-state index contributed by atoms with van der Waals surface area (Å²) in [6.07, 6.45) is 0. The maximum atomic E-state index is 11.5. The number of hydrogen-bond donors (Lipinski definition) is 1. The second-order valence-corrected chi connectivity index (χ2v) is 1.54. The lowest BCUT2D eigenvalue weighted by Gasteiger charge is -2.09. The number of nitriles is 1. The summed E-state index contributed by atoms with van der Waals surface area (Å²) in [4.78, 5) is 0. The van der Waals surface area contributed by atoms with Gasteiger partial charge in [0.1, 0.15) is 13.3 Å². The molecule has 0 aromatic heterocycles. The molecular weight excluding hydrogens is 114 g/mol. The Kier molecular flexibility index (Phi) is 2.35. The van der Waals surface area contributed by atoms with E-state index in [4.69, 9.17) is 11.0 Å². The van der Waals surface area contributed by atoms with Crippen LogP contribution < -0.4 is 5.73 Å². The van der Waals surface area contributed by atoms with E-state index in [1.54, 1.807) is 0 Å². The molecule has 2 nitrogen and oxygen atoms in total. The normalized spacial score (nSPS) is 10.8. The van der Waals surface area contributed by atoms with Crippen molar-refractivity contribution in [1.82, 2.24) is 0 Å². The minimum absolute atomic E-state index is 1.14. The van der Waals surface area contributed by atoms with Crippen LogP contribution in [0.15, 0.2) is 0 Å². The monoisotopic (exact) mass is 120 g/mol. The van der Waals surface area contributed by atoms with Crippen molar-refractivity contribution >= 4 is 0 Å². The number of rotatable bonds is 2. The lowest BCUT2D eigenvalue weighted by Crippen LogP contribution is -2.42. The van der Waals surface area contributed by atoms with Gasteiger partial charge in [0.05, 0.1) is 6.07 Å². The highest BCUT2D eigenvalue weighted by atomic mass is 19.1. The van der Waals surface area contributed by atoms with E-state index in [0.29, 0.717) is 0 Å². The third-order valence-corrected chi connectivity index (χ3v) is 0.700. The Morgan fingerprint density at radius 1 is 1.50 bits per heavy atom. The summed E-state index contributed by atoms with van der Waals surface area (Å²) < 4.78 is 22.9. The largest absolute Gasteiger partial charge is 0.309 e. The van der Waals surface area contributed by atoms with Crippen molar-refractivity contribution in [2.45, 2.75) is 5.54 Å². The second-order valence-electron chi connectivity index (χ2n) is 1.54. The van der Waals surface area contributed by atoms with Crippen LogP contribution in [0.5, 0.6) is 0 Å². The Hall–Kier alpha value is -0.690. The van der Waals surface area contributed by atoms with Crippen molar-refractivity contribution in [3.05, 3.63) is 0 Å². The molecule has 0 atom stereocenters. The summed E-state index contributed by atoms with van der Waals surface area (Å²) in [5.41, 5.74) is 2.88. The van der Waals surface area contributed by atoms with Crippen LogP contribution in [-0.4, -0.2) is 18.9 Å². The molecule has 0 saturated carbocycles. The van der Waals surface area contributed by atoms with Crippen LogP contribution >= 0.6 is 0 Å². The van der Waals surface area contributed by atoms with Gasteiger partial charge in [0, 0.05) is 0 Å². The van der Waals surface area contributed by atoms with Crippen LogP contribution in [0.3, 0.4) is 0 Å². The highest BCUT2D eigenvalue weighted by Crippen LogP contribution is 1.98. The molecule has 0 aliphatic heterocycles. The van der Waals surface area contributed by atoms with Crippen LogP contribution in [0.25, 0.3) is 0 Å². The Bertz CT molecular complexity index is 103. The van der Waals surface area contributed by atoms with Crippen LogP contribution in [0.1, 0.15) is 0 Å². The Morgan fingerprint density at radius 3 is 1.88 bits per heavy atom. The second kappa shape index (κ2) is 2.58. The van der Waals surface area contributed by atoms with Gasteiger partial charge >= 0.3 is 0 Å². The van der Waals surface area contributed by atoms with Gasteiger partial charge in [-0.15, -0.1) is 0 Å². The van der Waals surface area contributed by atoms with Crippen molar-refractivity contribution in [3.63, 3.8) is 0 Å². The zero-order valence-corrected chi connectivity index (χ0v) is 4.19. The van der Waals surface area contributed by atoms with Gasteiger partial charge in [0.15, 0.2) is 5.54 Å². The molecule has 0 rings (SSSR count). The van der Waals surface area contributed by atoms with Crippen molar-refractivity contribution in [2.75, 3.05) is 13.3 Å². The van der Waals surface area contributed by atoms with E-state index in [9.17, 15) is 8.78 Å².